The zero-order valence-corrected chi connectivity index (χ0v) is 16.9. The van der Waals surface area contributed by atoms with Gasteiger partial charge in [-0.25, -0.2) is 4.98 Å². The van der Waals surface area contributed by atoms with Crippen molar-refractivity contribution in [2.24, 2.45) is 0 Å². The van der Waals surface area contributed by atoms with Gasteiger partial charge in [0.15, 0.2) is 6.10 Å². The summed E-state index contributed by atoms with van der Waals surface area (Å²) in [6.45, 7) is 1.96. The number of nitrogens with one attached hydrogen (secondary N) is 2. The lowest BCUT2D eigenvalue weighted by molar-refractivity contribution is 0.217. The number of aromatic amines is 2. The Labute approximate surface area is 179 Å². The van der Waals surface area contributed by atoms with Crippen LogP contribution in [0.5, 0.6) is 5.75 Å². The van der Waals surface area contributed by atoms with Crippen LogP contribution in [-0.2, 0) is 0 Å². The molecule has 0 aliphatic rings. The highest BCUT2D eigenvalue weighted by Gasteiger charge is 2.13. The van der Waals surface area contributed by atoms with Crippen molar-refractivity contribution in [1.82, 2.24) is 30.1 Å². The predicted molar refractivity (Wildman–Crippen MR) is 118 cm³/mol. The number of imidazole rings is 1. The van der Waals surface area contributed by atoms with Crippen molar-refractivity contribution in [3.8, 4) is 39.5 Å². The SMILES string of the molecule is CC(Oc1ccc(-c2cc(-c3cn[nH]c3-c3ccccn3)ccn2)cc1)c1ncc[nH]1. The normalized spacial score (nSPS) is 11.9. The fourth-order valence-electron chi connectivity index (χ4n) is 3.43. The highest BCUT2D eigenvalue weighted by atomic mass is 16.5. The summed E-state index contributed by atoms with van der Waals surface area (Å²) >= 11 is 0. The monoisotopic (exact) mass is 408 g/mol. The maximum absolute atomic E-state index is 5.96. The summed E-state index contributed by atoms with van der Waals surface area (Å²) < 4.78 is 5.96. The van der Waals surface area contributed by atoms with Gasteiger partial charge in [-0.05, 0) is 61.0 Å². The molecule has 0 aliphatic carbocycles. The largest absolute Gasteiger partial charge is 0.483 e. The average molecular weight is 408 g/mol. The van der Waals surface area contributed by atoms with Gasteiger partial charge in [0.1, 0.15) is 11.6 Å². The van der Waals surface area contributed by atoms with Crippen molar-refractivity contribution in [3.63, 3.8) is 0 Å². The third-order valence-electron chi connectivity index (χ3n) is 5.00. The summed E-state index contributed by atoms with van der Waals surface area (Å²) in [6, 6.07) is 17.7. The molecule has 4 heterocycles. The molecule has 1 unspecified atom stereocenters. The molecule has 0 radical (unpaired) electrons. The molecule has 7 heteroatoms. The van der Waals surface area contributed by atoms with E-state index in [9.17, 15) is 0 Å². The van der Waals surface area contributed by atoms with Crippen LogP contribution in [0, 0.1) is 0 Å². The maximum atomic E-state index is 5.96. The fraction of sp³-hybridized carbons (Fsp3) is 0.0833. The minimum absolute atomic E-state index is 0.159. The molecule has 0 fully saturated rings. The number of hydrogen-bond acceptors (Lipinski definition) is 5. The Hall–Kier alpha value is -4.26. The molecule has 0 saturated heterocycles. The molecule has 5 aromatic rings. The van der Waals surface area contributed by atoms with Crippen molar-refractivity contribution < 1.29 is 4.74 Å². The lowest BCUT2D eigenvalue weighted by atomic mass is 10.0. The summed E-state index contributed by atoms with van der Waals surface area (Å²) in [5, 5.41) is 7.29. The number of aromatic nitrogens is 6. The van der Waals surface area contributed by atoms with Gasteiger partial charge >= 0.3 is 0 Å². The van der Waals surface area contributed by atoms with Gasteiger partial charge in [0.05, 0.1) is 23.3 Å². The van der Waals surface area contributed by atoms with E-state index in [1.807, 2.05) is 67.8 Å². The number of ether oxygens (including phenoxy) is 1. The summed E-state index contributed by atoms with van der Waals surface area (Å²) in [4.78, 5) is 16.3. The van der Waals surface area contributed by atoms with E-state index >= 15 is 0 Å². The molecular weight excluding hydrogens is 388 g/mol. The first-order chi connectivity index (χ1) is 15.3. The van der Waals surface area contributed by atoms with Crippen molar-refractivity contribution in [3.05, 3.63) is 91.4 Å². The third-order valence-corrected chi connectivity index (χ3v) is 5.00. The van der Waals surface area contributed by atoms with Crippen LogP contribution in [0.15, 0.2) is 85.6 Å². The van der Waals surface area contributed by atoms with Crippen LogP contribution >= 0.6 is 0 Å². The molecule has 4 aromatic heterocycles. The van der Waals surface area contributed by atoms with Crippen LogP contribution in [0.4, 0.5) is 0 Å². The summed E-state index contributed by atoms with van der Waals surface area (Å²) in [6.07, 6.45) is 8.74. The Morgan fingerprint density at radius 3 is 2.48 bits per heavy atom. The first kappa shape index (κ1) is 18.7. The fourth-order valence-corrected chi connectivity index (χ4v) is 3.43. The van der Waals surface area contributed by atoms with Gasteiger partial charge < -0.3 is 9.72 Å². The second kappa shape index (κ2) is 8.23. The van der Waals surface area contributed by atoms with E-state index in [1.165, 1.54) is 0 Å². The molecule has 5 rings (SSSR count). The van der Waals surface area contributed by atoms with Crippen molar-refractivity contribution >= 4 is 0 Å². The number of H-pyrrole nitrogens is 2. The molecule has 0 bridgehead atoms. The second-order valence-corrected chi connectivity index (χ2v) is 7.06. The molecule has 152 valence electrons. The zero-order chi connectivity index (χ0) is 21.0. The van der Waals surface area contributed by atoms with E-state index in [1.54, 1.807) is 18.6 Å². The smallest absolute Gasteiger partial charge is 0.153 e. The van der Waals surface area contributed by atoms with Gasteiger partial charge in [-0.2, -0.15) is 5.10 Å². The Balaban J connectivity index is 1.39. The molecule has 0 amide bonds. The van der Waals surface area contributed by atoms with Gasteiger partial charge in [-0.1, -0.05) is 6.07 Å². The van der Waals surface area contributed by atoms with Gasteiger partial charge in [0.25, 0.3) is 0 Å². The summed E-state index contributed by atoms with van der Waals surface area (Å²) in [5.74, 6) is 1.57. The van der Waals surface area contributed by atoms with E-state index < -0.39 is 0 Å². The van der Waals surface area contributed by atoms with Crippen LogP contribution in [0.3, 0.4) is 0 Å². The first-order valence-corrected chi connectivity index (χ1v) is 9.95. The van der Waals surface area contributed by atoms with E-state index in [4.69, 9.17) is 4.74 Å². The lowest BCUT2D eigenvalue weighted by Crippen LogP contribution is -2.04. The zero-order valence-electron chi connectivity index (χ0n) is 16.9. The molecule has 31 heavy (non-hydrogen) atoms. The van der Waals surface area contributed by atoms with Crippen LogP contribution in [0.2, 0.25) is 0 Å². The Morgan fingerprint density at radius 1 is 0.839 bits per heavy atom. The van der Waals surface area contributed by atoms with Crippen molar-refractivity contribution in [2.45, 2.75) is 13.0 Å². The van der Waals surface area contributed by atoms with Crippen LogP contribution in [-0.4, -0.2) is 30.1 Å². The van der Waals surface area contributed by atoms with Crippen molar-refractivity contribution in [2.75, 3.05) is 0 Å². The van der Waals surface area contributed by atoms with E-state index in [0.717, 1.165) is 45.3 Å². The highest BCUT2D eigenvalue weighted by Crippen LogP contribution is 2.31. The predicted octanol–water partition coefficient (Wildman–Crippen LogP) is 5.06. The van der Waals surface area contributed by atoms with Gasteiger partial charge in [-0.15, -0.1) is 0 Å². The molecule has 1 aromatic carbocycles. The summed E-state index contributed by atoms with van der Waals surface area (Å²) in [5.41, 5.74) is 5.61. The quantitative estimate of drug-likeness (QED) is 0.409. The Morgan fingerprint density at radius 2 is 1.71 bits per heavy atom. The second-order valence-electron chi connectivity index (χ2n) is 7.06. The van der Waals surface area contributed by atoms with Crippen LogP contribution in [0.1, 0.15) is 18.9 Å². The highest BCUT2D eigenvalue weighted by molar-refractivity contribution is 5.80. The Bertz CT molecular complexity index is 1260. The topological polar surface area (TPSA) is 92.4 Å². The minimum atomic E-state index is -0.159. The first-order valence-electron chi connectivity index (χ1n) is 9.95. The average Bonchev–Trinajstić information content (AvgIpc) is 3.53. The number of nitrogens with zero attached hydrogens (tertiary/aromatic N) is 4. The van der Waals surface area contributed by atoms with Gasteiger partial charge in [0.2, 0.25) is 0 Å². The molecule has 1 atom stereocenters. The van der Waals surface area contributed by atoms with E-state index in [2.05, 4.69) is 36.2 Å². The van der Waals surface area contributed by atoms with Gasteiger partial charge in [0, 0.05) is 35.9 Å². The Kier molecular flexibility index (Phi) is 4.98. The molecule has 0 spiro atoms. The van der Waals surface area contributed by atoms with Gasteiger partial charge in [-0.3, -0.25) is 15.1 Å². The molecule has 0 aliphatic heterocycles. The lowest BCUT2D eigenvalue weighted by Gasteiger charge is -2.13. The number of rotatable bonds is 6. The van der Waals surface area contributed by atoms with E-state index in [0.29, 0.717) is 0 Å². The minimum Gasteiger partial charge on any atom is -0.483 e. The molecule has 2 N–H and O–H groups in total. The molecular formula is C24H20N6O. The molecule has 0 saturated carbocycles. The molecule has 7 nitrogen and oxygen atoms in total. The number of pyridine rings is 2. The standard InChI is InChI=1S/C24H20N6O/c1-16(24-27-12-13-28-24)31-19-7-5-17(6-8-19)22-14-18(9-11-26-22)20-15-29-30-23(20)21-4-2-3-10-25-21/h2-16H,1H3,(H,27,28)(H,29,30). The third kappa shape index (κ3) is 3.93. The van der Waals surface area contributed by atoms with Crippen molar-refractivity contribution in [1.29, 1.82) is 0 Å². The van der Waals surface area contributed by atoms with Crippen LogP contribution < -0.4 is 4.74 Å². The van der Waals surface area contributed by atoms with E-state index in [-0.39, 0.29) is 6.10 Å². The number of benzene rings is 1. The summed E-state index contributed by atoms with van der Waals surface area (Å²) in [7, 11) is 0. The maximum Gasteiger partial charge on any atom is 0.153 e. The number of hydrogen-bond donors (Lipinski definition) is 2. The van der Waals surface area contributed by atoms with Crippen LogP contribution in [0.25, 0.3) is 33.8 Å².